The average Bonchev–Trinajstić information content (AvgIpc) is 3.69. The van der Waals surface area contributed by atoms with Crippen molar-refractivity contribution in [1.82, 2.24) is 29.3 Å². The Bertz CT molecular complexity index is 2000. The monoisotopic (exact) mass is 695 g/mol. The van der Waals surface area contributed by atoms with Crippen LogP contribution in [0.15, 0.2) is 79.3 Å². The fraction of sp³-hybridized carbons (Fsp3) is 0.278. The van der Waals surface area contributed by atoms with Gasteiger partial charge in [0.2, 0.25) is 5.82 Å². The Morgan fingerprint density at radius 2 is 1.41 bits per heavy atom. The number of fused-ring (bicyclic) bond motifs is 1. The second kappa shape index (κ2) is 17.2. The fourth-order valence-corrected chi connectivity index (χ4v) is 5.27. The summed E-state index contributed by atoms with van der Waals surface area (Å²) < 4.78 is 13.4. The van der Waals surface area contributed by atoms with E-state index in [1.54, 1.807) is 87.9 Å². The highest BCUT2D eigenvalue weighted by Gasteiger charge is 2.18. The highest BCUT2D eigenvalue weighted by molar-refractivity contribution is 6.08. The summed E-state index contributed by atoms with van der Waals surface area (Å²) >= 11 is 0. The second-order valence-electron chi connectivity index (χ2n) is 11.7. The van der Waals surface area contributed by atoms with Gasteiger partial charge in [-0.3, -0.25) is 29.1 Å². The first kappa shape index (κ1) is 36.4. The number of nitrogens with zero attached hydrogens (tertiary/aromatic N) is 5. The Kier molecular flexibility index (Phi) is 12.2. The molecule has 5 rings (SSSR count). The van der Waals surface area contributed by atoms with Gasteiger partial charge in [-0.15, -0.1) is 0 Å². The van der Waals surface area contributed by atoms with E-state index >= 15 is 0 Å². The maximum atomic E-state index is 13.1. The summed E-state index contributed by atoms with van der Waals surface area (Å²) in [5, 5.41) is 13.0. The normalized spacial score (nSPS) is 11.1. The quantitative estimate of drug-likeness (QED) is 0.121. The molecule has 266 valence electrons. The van der Waals surface area contributed by atoms with Gasteiger partial charge in [0, 0.05) is 89.7 Å². The molecule has 2 aromatic carbocycles. The van der Waals surface area contributed by atoms with Crippen LogP contribution in [-0.4, -0.2) is 101 Å². The van der Waals surface area contributed by atoms with E-state index in [1.165, 1.54) is 4.57 Å². The standard InChI is InChI=1S/C36H41N9O6/c1-43-22-28(40-34(47)29-19-25-7-5-6-8-26(25)21-38-29)20-30(43)35(48)39-27-11-9-24(10-12-27)33(46)42-31-23-44(2)32(41-31)36(49)37-13-14-45(15-17-50-3)16-18-51-4/h5-12,19-23H,13-18H2,1-4H3,(H,37,49)(H,39,48)(H,40,47)(H,42,46). The number of hydrogen-bond donors (Lipinski definition) is 4. The van der Waals surface area contributed by atoms with Crippen LogP contribution < -0.4 is 21.3 Å². The van der Waals surface area contributed by atoms with Crippen molar-refractivity contribution in [1.29, 1.82) is 0 Å². The Hall–Kier alpha value is -5.90. The minimum atomic E-state index is -0.436. The Balaban J connectivity index is 1.12. The zero-order valence-corrected chi connectivity index (χ0v) is 28.9. The number of ether oxygens (including phenoxy) is 2. The van der Waals surface area contributed by atoms with Crippen LogP contribution in [0, 0.1) is 0 Å². The van der Waals surface area contributed by atoms with E-state index in [0.29, 0.717) is 62.0 Å². The third kappa shape index (κ3) is 9.63. The van der Waals surface area contributed by atoms with Crippen LogP contribution in [-0.2, 0) is 23.6 Å². The van der Waals surface area contributed by atoms with E-state index in [0.717, 1.165) is 10.8 Å². The molecule has 0 saturated heterocycles. The van der Waals surface area contributed by atoms with Crippen molar-refractivity contribution in [2.24, 2.45) is 14.1 Å². The zero-order valence-electron chi connectivity index (χ0n) is 28.9. The number of aromatic nitrogens is 4. The van der Waals surface area contributed by atoms with Crippen LogP contribution in [0.2, 0.25) is 0 Å². The number of aryl methyl sites for hydroxylation is 2. The molecule has 0 aliphatic carbocycles. The van der Waals surface area contributed by atoms with Gasteiger partial charge in [0.25, 0.3) is 23.6 Å². The minimum Gasteiger partial charge on any atom is -0.383 e. The van der Waals surface area contributed by atoms with Crippen molar-refractivity contribution in [2.45, 2.75) is 0 Å². The van der Waals surface area contributed by atoms with Crippen LogP contribution in [0.25, 0.3) is 10.8 Å². The Morgan fingerprint density at radius 1 is 0.725 bits per heavy atom. The molecule has 15 nitrogen and oxygen atoms in total. The third-order valence-electron chi connectivity index (χ3n) is 8.02. The molecule has 0 bridgehead atoms. The number of benzene rings is 2. The number of nitrogens with one attached hydrogen (secondary N) is 4. The first-order chi connectivity index (χ1) is 24.6. The molecule has 0 fully saturated rings. The SMILES string of the molecule is COCCN(CCNC(=O)c1nc(NC(=O)c2ccc(NC(=O)c3cc(NC(=O)c4cc5ccccc5cn4)cn3C)cc2)cn1C)CCOC. The number of amides is 4. The molecule has 3 heterocycles. The van der Waals surface area contributed by atoms with Crippen molar-refractivity contribution < 1.29 is 28.7 Å². The van der Waals surface area contributed by atoms with E-state index in [-0.39, 0.29) is 23.2 Å². The lowest BCUT2D eigenvalue weighted by molar-refractivity contribution is 0.0917. The first-order valence-electron chi connectivity index (χ1n) is 16.2. The highest BCUT2D eigenvalue weighted by atomic mass is 16.5. The lowest BCUT2D eigenvalue weighted by Gasteiger charge is -2.21. The Morgan fingerprint density at radius 3 is 2.12 bits per heavy atom. The van der Waals surface area contributed by atoms with Crippen LogP contribution >= 0.6 is 0 Å². The molecule has 51 heavy (non-hydrogen) atoms. The van der Waals surface area contributed by atoms with Gasteiger partial charge in [-0.2, -0.15) is 0 Å². The largest absolute Gasteiger partial charge is 0.383 e. The summed E-state index contributed by atoms with van der Waals surface area (Å²) in [4.78, 5) is 62.4. The summed E-state index contributed by atoms with van der Waals surface area (Å²) in [6.45, 7) is 3.57. The second-order valence-corrected chi connectivity index (χ2v) is 11.7. The van der Waals surface area contributed by atoms with Gasteiger partial charge in [-0.25, -0.2) is 4.98 Å². The van der Waals surface area contributed by atoms with Crippen LogP contribution in [0.1, 0.15) is 42.0 Å². The van der Waals surface area contributed by atoms with E-state index < -0.39 is 17.7 Å². The Labute approximate surface area is 295 Å². The number of pyridine rings is 1. The van der Waals surface area contributed by atoms with Gasteiger partial charge < -0.3 is 39.9 Å². The molecular formula is C36H41N9O6. The first-order valence-corrected chi connectivity index (χ1v) is 16.2. The van der Waals surface area contributed by atoms with Crippen molar-refractivity contribution in [2.75, 3.05) is 69.6 Å². The molecule has 0 spiro atoms. The molecule has 5 aromatic rings. The van der Waals surface area contributed by atoms with Crippen LogP contribution in [0.4, 0.5) is 17.2 Å². The van der Waals surface area contributed by atoms with E-state index in [1.807, 2.05) is 24.3 Å². The van der Waals surface area contributed by atoms with Crippen LogP contribution in [0.5, 0.6) is 0 Å². The van der Waals surface area contributed by atoms with Gasteiger partial charge in [-0.05, 0) is 41.8 Å². The summed E-state index contributed by atoms with van der Waals surface area (Å²) in [6.07, 6.45) is 4.84. The average molecular weight is 696 g/mol. The molecule has 0 aliphatic heterocycles. The van der Waals surface area contributed by atoms with Crippen molar-refractivity contribution in [3.05, 3.63) is 102 Å². The summed E-state index contributed by atoms with van der Waals surface area (Å²) in [6, 6.07) is 17.2. The molecule has 4 N–H and O–H groups in total. The van der Waals surface area contributed by atoms with Gasteiger partial charge >= 0.3 is 0 Å². The maximum absolute atomic E-state index is 13.1. The third-order valence-corrected chi connectivity index (χ3v) is 8.02. The number of anilines is 3. The molecule has 3 aromatic heterocycles. The van der Waals surface area contributed by atoms with Gasteiger partial charge in [0.05, 0.1) is 18.9 Å². The lowest BCUT2D eigenvalue weighted by atomic mass is 10.1. The maximum Gasteiger partial charge on any atom is 0.287 e. The molecule has 0 atom stereocenters. The summed E-state index contributed by atoms with van der Waals surface area (Å²) in [7, 11) is 6.65. The predicted molar refractivity (Wildman–Crippen MR) is 193 cm³/mol. The van der Waals surface area contributed by atoms with Gasteiger partial charge in [0.1, 0.15) is 11.4 Å². The van der Waals surface area contributed by atoms with E-state index in [4.69, 9.17) is 9.47 Å². The van der Waals surface area contributed by atoms with Crippen molar-refractivity contribution in [3.63, 3.8) is 0 Å². The topological polar surface area (TPSA) is 174 Å². The van der Waals surface area contributed by atoms with Crippen molar-refractivity contribution >= 4 is 51.6 Å². The van der Waals surface area contributed by atoms with Crippen LogP contribution in [0.3, 0.4) is 0 Å². The zero-order chi connectivity index (χ0) is 36.3. The summed E-state index contributed by atoms with van der Waals surface area (Å²) in [5.41, 5.74) is 1.79. The molecule has 0 saturated carbocycles. The summed E-state index contributed by atoms with van der Waals surface area (Å²) in [5.74, 6) is -1.24. The molecule has 0 radical (unpaired) electrons. The van der Waals surface area contributed by atoms with Gasteiger partial charge in [0.15, 0.2) is 5.82 Å². The lowest BCUT2D eigenvalue weighted by Crippen LogP contribution is -2.38. The highest BCUT2D eigenvalue weighted by Crippen LogP contribution is 2.19. The number of carbonyl (C=O) groups excluding carboxylic acids is 4. The predicted octanol–water partition coefficient (Wildman–Crippen LogP) is 3.39. The minimum absolute atomic E-state index is 0.150. The number of methoxy groups -OCH3 is 2. The fourth-order valence-electron chi connectivity index (χ4n) is 5.27. The number of imidazole rings is 1. The molecule has 0 aliphatic rings. The van der Waals surface area contributed by atoms with Crippen molar-refractivity contribution in [3.8, 4) is 0 Å². The number of carbonyl (C=O) groups is 4. The number of hydrogen-bond acceptors (Lipinski definition) is 9. The molecular weight excluding hydrogens is 654 g/mol. The smallest absolute Gasteiger partial charge is 0.287 e. The van der Waals surface area contributed by atoms with Gasteiger partial charge in [-0.1, -0.05) is 24.3 Å². The molecule has 15 heteroatoms. The molecule has 0 unspecified atom stereocenters. The number of rotatable bonds is 16. The van der Waals surface area contributed by atoms with E-state index in [2.05, 4.69) is 36.1 Å². The van der Waals surface area contributed by atoms with E-state index in [9.17, 15) is 19.2 Å². The molecule has 4 amide bonds.